The minimum absolute atomic E-state index is 0.0263. The van der Waals surface area contributed by atoms with Crippen LogP contribution in [0, 0.1) is 17.1 Å². The van der Waals surface area contributed by atoms with Crippen LogP contribution >= 0.6 is 11.6 Å². The smallest absolute Gasteiger partial charge is 0.236 e. The van der Waals surface area contributed by atoms with Crippen molar-refractivity contribution in [1.29, 1.82) is 5.26 Å². The molecule has 2 aromatic rings. The highest BCUT2D eigenvalue weighted by molar-refractivity contribution is 7.80. The third-order valence-electron chi connectivity index (χ3n) is 3.15. The molecule has 0 aliphatic carbocycles. The number of methoxy groups -OCH3 is 1. The Hall–Kier alpha value is -2.28. The van der Waals surface area contributed by atoms with Gasteiger partial charge < -0.3 is 13.6 Å². The molecular formula is C14H11ClFN4O3S-. The summed E-state index contributed by atoms with van der Waals surface area (Å²) in [4.78, 5) is 7.73. The molecule has 1 atom stereocenters. The summed E-state index contributed by atoms with van der Waals surface area (Å²) < 4.78 is 43.0. The van der Waals surface area contributed by atoms with Gasteiger partial charge in [-0.05, 0) is 19.1 Å². The Morgan fingerprint density at radius 1 is 1.50 bits per heavy atom. The minimum Gasteiger partial charge on any atom is -0.755 e. The molecule has 1 aromatic heterocycles. The van der Waals surface area contributed by atoms with E-state index >= 15 is 0 Å². The summed E-state index contributed by atoms with van der Waals surface area (Å²) in [6.45, 7) is 1.65. The highest BCUT2D eigenvalue weighted by atomic mass is 35.5. The first kappa shape index (κ1) is 18.1. The first-order chi connectivity index (χ1) is 11.4. The predicted molar refractivity (Wildman–Crippen MR) is 85.6 cm³/mol. The molecule has 10 heteroatoms. The maximum absolute atomic E-state index is 14.4. The van der Waals surface area contributed by atoms with E-state index < -0.39 is 17.1 Å². The Bertz CT molecular complexity index is 843. The molecule has 0 aliphatic rings. The van der Waals surface area contributed by atoms with Crippen LogP contribution in [0.2, 0.25) is 5.02 Å². The minimum atomic E-state index is -2.63. The van der Waals surface area contributed by atoms with Gasteiger partial charge in [-0.2, -0.15) is 5.26 Å². The zero-order valence-corrected chi connectivity index (χ0v) is 14.2. The van der Waals surface area contributed by atoms with Crippen molar-refractivity contribution in [1.82, 2.24) is 9.97 Å². The van der Waals surface area contributed by atoms with E-state index in [2.05, 4.69) is 9.97 Å². The highest BCUT2D eigenvalue weighted by Gasteiger charge is 2.20. The van der Waals surface area contributed by atoms with Gasteiger partial charge in [0.15, 0.2) is 0 Å². The van der Waals surface area contributed by atoms with Gasteiger partial charge in [0, 0.05) is 23.4 Å². The summed E-state index contributed by atoms with van der Waals surface area (Å²) in [6.07, 6.45) is 1.14. The van der Waals surface area contributed by atoms with Gasteiger partial charge in [-0.15, -0.1) is 0 Å². The van der Waals surface area contributed by atoms with E-state index in [1.54, 1.807) is 13.0 Å². The van der Waals surface area contributed by atoms with Gasteiger partial charge in [-0.3, -0.25) is 4.21 Å². The molecule has 0 saturated carbocycles. The molecule has 1 heterocycles. The lowest BCUT2D eigenvalue weighted by molar-refractivity contribution is 0.397. The molecule has 0 spiro atoms. The molecule has 24 heavy (non-hydrogen) atoms. The first-order valence-electron chi connectivity index (χ1n) is 6.60. The van der Waals surface area contributed by atoms with Gasteiger partial charge in [0.25, 0.3) is 0 Å². The summed E-state index contributed by atoms with van der Waals surface area (Å²) in [5.74, 6) is -0.725. The predicted octanol–water partition coefficient (Wildman–Crippen LogP) is 2.44. The Morgan fingerprint density at radius 2 is 2.21 bits per heavy atom. The monoisotopic (exact) mass is 369 g/mol. The second kappa shape index (κ2) is 7.53. The zero-order chi connectivity index (χ0) is 17.9. The van der Waals surface area contributed by atoms with Crippen LogP contribution in [0.4, 0.5) is 10.1 Å². The van der Waals surface area contributed by atoms with Crippen LogP contribution < -0.4 is 9.04 Å². The number of rotatable bonds is 5. The van der Waals surface area contributed by atoms with Gasteiger partial charge in [0.2, 0.25) is 5.88 Å². The van der Waals surface area contributed by atoms with Gasteiger partial charge in [-0.1, -0.05) is 11.6 Å². The second-order valence-corrected chi connectivity index (χ2v) is 5.67. The number of anilines is 1. The Morgan fingerprint density at radius 3 is 2.75 bits per heavy atom. The molecule has 126 valence electrons. The lowest BCUT2D eigenvalue weighted by atomic mass is 10.1. The number of aromatic nitrogens is 2. The maximum atomic E-state index is 14.4. The van der Waals surface area contributed by atoms with Crippen molar-refractivity contribution in [2.75, 3.05) is 18.0 Å². The molecule has 0 radical (unpaired) electrons. The molecule has 1 unspecified atom stereocenters. The number of hydrogen-bond acceptors (Lipinski definition) is 6. The summed E-state index contributed by atoms with van der Waals surface area (Å²) >= 11 is 3.47. The Kier molecular flexibility index (Phi) is 5.66. The molecule has 0 bridgehead atoms. The van der Waals surface area contributed by atoms with Crippen molar-refractivity contribution in [3.63, 3.8) is 0 Å². The van der Waals surface area contributed by atoms with Crippen molar-refractivity contribution in [3.05, 3.63) is 34.9 Å². The summed E-state index contributed by atoms with van der Waals surface area (Å²) in [5, 5.41) is 9.12. The second-order valence-electron chi connectivity index (χ2n) is 4.42. The topological polar surface area (TPSA) is 102 Å². The Labute approximate surface area is 145 Å². The third kappa shape index (κ3) is 3.31. The van der Waals surface area contributed by atoms with Crippen molar-refractivity contribution < 1.29 is 17.9 Å². The molecule has 1 aromatic carbocycles. The molecule has 0 aliphatic heterocycles. The van der Waals surface area contributed by atoms with Crippen molar-refractivity contribution in [3.8, 4) is 23.2 Å². The van der Waals surface area contributed by atoms with Gasteiger partial charge in [0.05, 0.1) is 24.1 Å². The molecule has 7 nitrogen and oxygen atoms in total. The SMILES string of the molecule is CCN(c1cc(-c2ncnc(OC)c2Cl)c(F)cc1C#N)S(=O)[O-]. The molecule has 0 saturated heterocycles. The largest absolute Gasteiger partial charge is 0.755 e. The quantitative estimate of drug-likeness (QED) is 0.750. The fourth-order valence-electron chi connectivity index (χ4n) is 2.08. The van der Waals surface area contributed by atoms with Crippen LogP contribution in [0.3, 0.4) is 0 Å². The van der Waals surface area contributed by atoms with Crippen LogP contribution in [0.15, 0.2) is 18.5 Å². The first-order valence-corrected chi connectivity index (χ1v) is 8.00. The molecular weight excluding hydrogens is 359 g/mol. The number of nitriles is 1. The van der Waals surface area contributed by atoms with Gasteiger partial charge in [0.1, 0.15) is 23.2 Å². The van der Waals surface area contributed by atoms with Crippen LogP contribution in [0.1, 0.15) is 12.5 Å². The van der Waals surface area contributed by atoms with E-state index in [4.69, 9.17) is 21.6 Å². The van der Waals surface area contributed by atoms with E-state index in [0.29, 0.717) is 0 Å². The molecule has 2 rings (SSSR count). The summed E-state index contributed by atoms with van der Waals surface area (Å²) in [6, 6.07) is 3.92. The van der Waals surface area contributed by atoms with Crippen LogP contribution in [0.5, 0.6) is 5.88 Å². The van der Waals surface area contributed by atoms with Crippen molar-refractivity contribution in [2.24, 2.45) is 0 Å². The van der Waals surface area contributed by atoms with E-state index in [9.17, 15) is 13.2 Å². The van der Waals surface area contributed by atoms with E-state index in [1.807, 2.05) is 0 Å². The van der Waals surface area contributed by atoms with Gasteiger partial charge in [-0.25, -0.2) is 14.4 Å². The van der Waals surface area contributed by atoms with Crippen LogP contribution in [-0.2, 0) is 11.3 Å². The van der Waals surface area contributed by atoms with E-state index in [-0.39, 0.29) is 40.0 Å². The normalized spacial score (nSPS) is 11.7. The van der Waals surface area contributed by atoms with Crippen LogP contribution in [0.25, 0.3) is 11.3 Å². The van der Waals surface area contributed by atoms with Crippen LogP contribution in [-0.4, -0.2) is 32.4 Å². The maximum Gasteiger partial charge on any atom is 0.236 e. The van der Waals surface area contributed by atoms with Crippen molar-refractivity contribution in [2.45, 2.75) is 6.92 Å². The van der Waals surface area contributed by atoms with E-state index in [1.165, 1.54) is 13.2 Å². The fraction of sp³-hybridized carbons (Fsp3) is 0.214. The summed E-state index contributed by atoms with van der Waals surface area (Å²) in [7, 11) is 1.35. The van der Waals surface area contributed by atoms with Crippen molar-refractivity contribution >= 4 is 28.6 Å². The number of halogens is 2. The average Bonchev–Trinajstić information content (AvgIpc) is 2.56. The lowest BCUT2D eigenvalue weighted by Crippen LogP contribution is -2.25. The number of nitrogens with zero attached hydrogens (tertiary/aromatic N) is 4. The molecule has 0 amide bonds. The average molecular weight is 370 g/mol. The zero-order valence-electron chi connectivity index (χ0n) is 12.6. The van der Waals surface area contributed by atoms with Gasteiger partial charge >= 0.3 is 0 Å². The summed E-state index contributed by atoms with van der Waals surface area (Å²) in [5.41, 5.74) is -0.143. The Balaban J connectivity index is 2.73. The lowest BCUT2D eigenvalue weighted by Gasteiger charge is -2.26. The fourth-order valence-corrected chi connectivity index (χ4v) is 2.88. The highest BCUT2D eigenvalue weighted by Crippen LogP contribution is 2.36. The molecule has 0 fully saturated rings. The number of ether oxygens (including phenoxy) is 1. The van der Waals surface area contributed by atoms with E-state index in [0.717, 1.165) is 16.7 Å². The molecule has 0 N–H and O–H groups in total. The number of hydrogen-bond donors (Lipinski definition) is 0. The standard InChI is InChI=1S/C14H12ClFN4O3S/c1-3-20(24(21)22)11-5-9(10(16)4-8(11)6-17)13-12(15)14(23-2)19-7-18-13/h4-5,7H,3H2,1-2H3,(H,21,22)/p-1. The third-order valence-corrected chi connectivity index (χ3v) is 4.30. The number of benzene rings is 1.